The molecule has 166 valence electrons. The molecule has 2 N–H and O–H groups in total. The molecule has 0 aliphatic rings. The molecule has 1 heterocycles. The lowest BCUT2D eigenvalue weighted by Gasteiger charge is -2.12. The second kappa shape index (κ2) is 9.08. The molecule has 0 aliphatic heterocycles. The van der Waals surface area contributed by atoms with Crippen LogP contribution in [0.15, 0.2) is 77.6 Å². The Morgan fingerprint density at radius 3 is 2.09 bits per heavy atom. The van der Waals surface area contributed by atoms with E-state index in [4.69, 9.17) is 0 Å². The van der Waals surface area contributed by atoms with Crippen molar-refractivity contribution in [1.82, 2.24) is 9.55 Å². The number of rotatable bonds is 5. The highest BCUT2D eigenvalue weighted by Crippen LogP contribution is 2.17. The summed E-state index contributed by atoms with van der Waals surface area (Å²) in [4.78, 5) is 41.9. The number of aryl methyl sites for hydroxylation is 1. The number of amides is 2. The number of nitrogens with zero attached hydrogens (tertiary/aromatic N) is 2. The lowest BCUT2D eigenvalue weighted by atomic mass is 10.1. The van der Waals surface area contributed by atoms with Crippen LogP contribution in [0.5, 0.6) is 0 Å². The molecule has 1 aromatic heterocycles. The molecule has 0 atom stereocenters. The number of carbonyl (C=O) groups excluding carboxylic acids is 2. The quantitative estimate of drug-likeness (QED) is 0.476. The molecule has 0 fully saturated rings. The fourth-order valence-corrected chi connectivity index (χ4v) is 3.44. The molecule has 0 unspecified atom stereocenters. The molecule has 0 aliphatic carbocycles. The summed E-state index contributed by atoms with van der Waals surface area (Å²) >= 11 is 0. The second-order valence-electron chi connectivity index (χ2n) is 8.04. The van der Waals surface area contributed by atoms with Gasteiger partial charge in [0.2, 0.25) is 5.91 Å². The third-order valence-corrected chi connectivity index (χ3v) is 5.27. The van der Waals surface area contributed by atoms with E-state index in [1.54, 1.807) is 61.5 Å². The van der Waals surface area contributed by atoms with Crippen molar-refractivity contribution in [2.45, 2.75) is 20.8 Å². The van der Waals surface area contributed by atoms with E-state index in [-0.39, 0.29) is 23.3 Å². The van der Waals surface area contributed by atoms with Crippen LogP contribution in [0, 0.1) is 12.8 Å². The van der Waals surface area contributed by atoms with Gasteiger partial charge >= 0.3 is 0 Å². The molecule has 7 heteroatoms. The van der Waals surface area contributed by atoms with Crippen molar-refractivity contribution in [3.8, 4) is 5.69 Å². The lowest BCUT2D eigenvalue weighted by molar-refractivity contribution is -0.118. The molecular weight excluding hydrogens is 416 g/mol. The van der Waals surface area contributed by atoms with Gasteiger partial charge < -0.3 is 10.6 Å². The predicted molar refractivity (Wildman–Crippen MR) is 130 cm³/mol. The lowest BCUT2D eigenvalue weighted by Crippen LogP contribution is -2.22. The van der Waals surface area contributed by atoms with Crippen LogP contribution in [0.1, 0.15) is 30.0 Å². The van der Waals surface area contributed by atoms with Gasteiger partial charge in [0.1, 0.15) is 5.82 Å². The van der Waals surface area contributed by atoms with Gasteiger partial charge in [-0.25, -0.2) is 4.98 Å². The molecule has 0 spiro atoms. The Bertz CT molecular complexity index is 1390. The maximum atomic E-state index is 13.0. The van der Waals surface area contributed by atoms with Gasteiger partial charge in [-0.05, 0) is 67.6 Å². The molecule has 0 radical (unpaired) electrons. The summed E-state index contributed by atoms with van der Waals surface area (Å²) in [5.41, 5.74) is 2.87. The minimum Gasteiger partial charge on any atom is -0.326 e. The highest BCUT2D eigenvalue weighted by Gasteiger charge is 2.12. The number of carbonyl (C=O) groups is 2. The Morgan fingerprint density at radius 1 is 0.848 bits per heavy atom. The zero-order chi connectivity index (χ0) is 23.5. The molecular formula is C26H24N4O3. The largest absolute Gasteiger partial charge is 0.326 e. The van der Waals surface area contributed by atoms with Crippen molar-refractivity contribution >= 4 is 34.1 Å². The fraction of sp³-hybridized carbons (Fsp3) is 0.154. The molecule has 0 saturated carbocycles. The third-order valence-electron chi connectivity index (χ3n) is 5.27. The van der Waals surface area contributed by atoms with Crippen molar-refractivity contribution in [3.63, 3.8) is 0 Å². The summed E-state index contributed by atoms with van der Waals surface area (Å²) < 4.78 is 1.54. The van der Waals surface area contributed by atoms with Crippen LogP contribution in [0.4, 0.5) is 11.4 Å². The Morgan fingerprint density at radius 2 is 1.45 bits per heavy atom. The van der Waals surface area contributed by atoms with Crippen molar-refractivity contribution in [1.29, 1.82) is 0 Å². The van der Waals surface area contributed by atoms with E-state index in [0.717, 1.165) is 0 Å². The van der Waals surface area contributed by atoms with Crippen molar-refractivity contribution in [2.24, 2.45) is 5.92 Å². The number of nitrogens with one attached hydrogen (secondary N) is 2. The highest BCUT2D eigenvalue weighted by atomic mass is 16.2. The molecule has 0 saturated heterocycles. The number of aromatic nitrogens is 2. The Hall–Kier alpha value is -4.26. The van der Waals surface area contributed by atoms with Crippen molar-refractivity contribution < 1.29 is 9.59 Å². The van der Waals surface area contributed by atoms with Crippen molar-refractivity contribution in [3.05, 3.63) is 94.5 Å². The van der Waals surface area contributed by atoms with E-state index in [2.05, 4.69) is 15.6 Å². The van der Waals surface area contributed by atoms with E-state index in [1.165, 1.54) is 4.57 Å². The van der Waals surface area contributed by atoms with Gasteiger partial charge in [-0.3, -0.25) is 19.0 Å². The summed E-state index contributed by atoms with van der Waals surface area (Å²) in [5.74, 6) is 0.113. The molecule has 7 nitrogen and oxygen atoms in total. The standard InChI is InChI=1S/C26H24N4O3/c1-16(2)24(31)28-19-10-12-20(13-11-19)29-25(32)18-8-14-21(15-9-18)30-17(3)27-23-7-5-4-6-22(23)26(30)33/h4-16H,1-3H3,(H,28,31)(H,29,32). The maximum absolute atomic E-state index is 13.0. The van der Waals surface area contributed by atoms with Gasteiger partial charge in [0.15, 0.2) is 0 Å². The topological polar surface area (TPSA) is 93.1 Å². The van der Waals surface area contributed by atoms with Crippen LogP contribution < -0.4 is 16.2 Å². The molecule has 4 aromatic rings. The van der Waals surface area contributed by atoms with Gasteiger partial charge in [-0.1, -0.05) is 26.0 Å². The molecule has 0 bridgehead atoms. The molecule has 33 heavy (non-hydrogen) atoms. The monoisotopic (exact) mass is 440 g/mol. The molecule has 2 amide bonds. The van der Waals surface area contributed by atoms with Gasteiger partial charge in [0, 0.05) is 22.9 Å². The number of para-hydroxylation sites is 1. The Kier molecular flexibility index (Phi) is 6.04. The van der Waals surface area contributed by atoms with Crippen LogP contribution >= 0.6 is 0 Å². The van der Waals surface area contributed by atoms with Crippen LogP contribution in [-0.2, 0) is 4.79 Å². The first kappa shape index (κ1) is 22.0. The number of benzene rings is 3. The number of anilines is 2. The van der Waals surface area contributed by atoms with Crippen LogP contribution in [0.2, 0.25) is 0 Å². The first-order chi connectivity index (χ1) is 15.8. The Labute approximate surface area is 191 Å². The van der Waals surface area contributed by atoms with Crippen LogP contribution in [-0.4, -0.2) is 21.4 Å². The van der Waals surface area contributed by atoms with Gasteiger partial charge in [-0.2, -0.15) is 0 Å². The predicted octanol–water partition coefficient (Wildman–Crippen LogP) is 4.54. The number of fused-ring (bicyclic) bond motifs is 1. The number of hydrogen-bond acceptors (Lipinski definition) is 4. The zero-order valence-electron chi connectivity index (χ0n) is 18.6. The fourth-order valence-electron chi connectivity index (χ4n) is 3.44. The average molecular weight is 441 g/mol. The summed E-state index contributed by atoms with van der Waals surface area (Å²) in [6.45, 7) is 5.43. The van der Waals surface area contributed by atoms with Gasteiger partial charge in [0.25, 0.3) is 11.5 Å². The van der Waals surface area contributed by atoms with Crippen LogP contribution in [0.25, 0.3) is 16.6 Å². The first-order valence-electron chi connectivity index (χ1n) is 10.6. The van der Waals surface area contributed by atoms with E-state index < -0.39 is 0 Å². The minimum absolute atomic E-state index is 0.0668. The minimum atomic E-state index is -0.277. The van der Waals surface area contributed by atoms with Crippen molar-refractivity contribution in [2.75, 3.05) is 10.6 Å². The van der Waals surface area contributed by atoms with E-state index in [0.29, 0.717) is 39.4 Å². The highest BCUT2D eigenvalue weighted by molar-refractivity contribution is 6.04. The molecule has 4 rings (SSSR count). The zero-order valence-corrected chi connectivity index (χ0v) is 18.6. The normalized spacial score (nSPS) is 10.9. The Balaban J connectivity index is 1.51. The van der Waals surface area contributed by atoms with E-state index in [9.17, 15) is 14.4 Å². The smallest absolute Gasteiger partial charge is 0.265 e. The summed E-state index contributed by atoms with van der Waals surface area (Å²) in [7, 11) is 0. The van der Waals surface area contributed by atoms with Gasteiger partial charge in [0.05, 0.1) is 16.6 Å². The average Bonchev–Trinajstić information content (AvgIpc) is 2.80. The van der Waals surface area contributed by atoms with E-state index >= 15 is 0 Å². The summed E-state index contributed by atoms with van der Waals surface area (Å²) in [5, 5.41) is 6.19. The van der Waals surface area contributed by atoms with Gasteiger partial charge in [-0.15, -0.1) is 0 Å². The number of hydrogen-bond donors (Lipinski definition) is 2. The summed E-state index contributed by atoms with van der Waals surface area (Å²) in [6, 6.07) is 20.9. The molecule has 3 aromatic carbocycles. The van der Waals surface area contributed by atoms with Crippen LogP contribution in [0.3, 0.4) is 0 Å². The summed E-state index contributed by atoms with van der Waals surface area (Å²) in [6.07, 6.45) is 0. The third kappa shape index (κ3) is 4.67. The SMILES string of the molecule is Cc1nc2ccccc2c(=O)n1-c1ccc(C(=O)Nc2ccc(NC(=O)C(C)C)cc2)cc1. The second-order valence-corrected chi connectivity index (χ2v) is 8.04. The first-order valence-corrected chi connectivity index (χ1v) is 10.6. The van der Waals surface area contributed by atoms with E-state index in [1.807, 2.05) is 32.0 Å². The maximum Gasteiger partial charge on any atom is 0.265 e.